The van der Waals surface area contributed by atoms with E-state index in [1.807, 2.05) is 6.07 Å². The molecule has 0 bridgehead atoms. The fourth-order valence-corrected chi connectivity index (χ4v) is 2.38. The van der Waals surface area contributed by atoms with Gasteiger partial charge in [0.2, 0.25) is 0 Å². The van der Waals surface area contributed by atoms with Gasteiger partial charge in [-0.1, -0.05) is 29.8 Å². The number of benzene rings is 1. The van der Waals surface area contributed by atoms with Gasteiger partial charge in [0.15, 0.2) is 0 Å². The Morgan fingerprint density at radius 2 is 2.07 bits per heavy atom. The first-order chi connectivity index (χ1) is 7.27. The molecular formula is C13H18FN. The summed E-state index contributed by atoms with van der Waals surface area (Å²) in [5.74, 6) is 0. The number of rotatable bonds is 2. The Kier molecular flexibility index (Phi) is 3.06. The molecular weight excluding hydrogens is 189 g/mol. The standard InChI is InChI=1S/C13H18FN/c1-11-3-2-4-12(9-11)13(10-14)5-7-15-8-6-13/h2-4,9,15H,5-8,10H2,1H3. The highest BCUT2D eigenvalue weighted by atomic mass is 19.1. The molecule has 2 rings (SSSR count). The summed E-state index contributed by atoms with van der Waals surface area (Å²) in [7, 11) is 0. The predicted octanol–water partition coefficient (Wildman–Crippen LogP) is 2.59. The minimum absolute atomic E-state index is 0.225. The van der Waals surface area contributed by atoms with Crippen molar-refractivity contribution < 1.29 is 4.39 Å². The molecule has 0 amide bonds. The van der Waals surface area contributed by atoms with Crippen molar-refractivity contribution in [2.75, 3.05) is 19.8 Å². The third-order valence-corrected chi connectivity index (χ3v) is 3.45. The molecule has 1 nitrogen and oxygen atoms in total. The van der Waals surface area contributed by atoms with Crippen molar-refractivity contribution in [1.82, 2.24) is 5.32 Å². The Balaban J connectivity index is 2.32. The van der Waals surface area contributed by atoms with Crippen LogP contribution in [0, 0.1) is 6.92 Å². The van der Waals surface area contributed by atoms with Crippen molar-refractivity contribution in [1.29, 1.82) is 0 Å². The number of aryl methyl sites for hydroxylation is 1. The highest BCUT2D eigenvalue weighted by molar-refractivity contribution is 5.30. The Bertz CT molecular complexity index is 329. The molecule has 1 N–H and O–H groups in total. The van der Waals surface area contributed by atoms with Crippen LogP contribution >= 0.6 is 0 Å². The molecule has 1 aromatic carbocycles. The molecule has 1 aliphatic rings. The lowest BCUT2D eigenvalue weighted by molar-refractivity contribution is 0.237. The van der Waals surface area contributed by atoms with E-state index in [9.17, 15) is 4.39 Å². The van der Waals surface area contributed by atoms with Gasteiger partial charge in [0.1, 0.15) is 0 Å². The molecule has 0 radical (unpaired) electrons. The number of hydrogen-bond acceptors (Lipinski definition) is 1. The van der Waals surface area contributed by atoms with Gasteiger partial charge in [0.25, 0.3) is 0 Å². The summed E-state index contributed by atoms with van der Waals surface area (Å²) in [6.45, 7) is 3.68. The highest BCUT2D eigenvalue weighted by Gasteiger charge is 2.33. The van der Waals surface area contributed by atoms with Crippen LogP contribution < -0.4 is 5.32 Å². The van der Waals surface area contributed by atoms with Crippen molar-refractivity contribution in [3.05, 3.63) is 35.4 Å². The average molecular weight is 207 g/mol. The molecule has 2 heteroatoms. The van der Waals surface area contributed by atoms with Crippen molar-refractivity contribution >= 4 is 0 Å². The molecule has 0 aromatic heterocycles. The SMILES string of the molecule is Cc1cccc(C2(CF)CCNCC2)c1. The quantitative estimate of drug-likeness (QED) is 0.786. The van der Waals surface area contributed by atoms with Gasteiger partial charge >= 0.3 is 0 Å². The smallest absolute Gasteiger partial charge is 0.0991 e. The minimum atomic E-state index is -0.238. The monoisotopic (exact) mass is 207 g/mol. The third-order valence-electron chi connectivity index (χ3n) is 3.45. The van der Waals surface area contributed by atoms with E-state index in [-0.39, 0.29) is 12.1 Å². The second-order valence-corrected chi connectivity index (χ2v) is 4.53. The summed E-state index contributed by atoms with van der Waals surface area (Å²) < 4.78 is 13.3. The highest BCUT2D eigenvalue weighted by Crippen LogP contribution is 2.34. The maximum atomic E-state index is 13.3. The molecule has 0 aliphatic carbocycles. The van der Waals surface area contributed by atoms with E-state index in [1.165, 1.54) is 11.1 Å². The molecule has 0 unspecified atom stereocenters. The maximum absolute atomic E-state index is 13.3. The van der Waals surface area contributed by atoms with Gasteiger partial charge in [-0.2, -0.15) is 0 Å². The van der Waals surface area contributed by atoms with Gasteiger partial charge < -0.3 is 5.32 Å². The zero-order valence-corrected chi connectivity index (χ0v) is 9.22. The predicted molar refractivity (Wildman–Crippen MR) is 60.9 cm³/mol. The van der Waals surface area contributed by atoms with Gasteiger partial charge in [-0.15, -0.1) is 0 Å². The largest absolute Gasteiger partial charge is 0.317 e. The summed E-state index contributed by atoms with van der Waals surface area (Å²) in [5.41, 5.74) is 2.17. The molecule has 15 heavy (non-hydrogen) atoms. The van der Waals surface area contributed by atoms with E-state index in [2.05, 4.69) is 30.4 Å². The van der Waals surface area contributed by atoms with Crippen molar-refractivity contribution in [2.24, 2.45) is 0 Å². The lowest BCUT2D eigenvalue weighted by Crippen LogP contribution is -2.41. The topological polar surface area (TPSA) is 12.0 Å². The van der Waals surface area contributed by atoms with Crippen LogP contribution in [0.4, 0.5) is 4.39 Å². The molecule has 82 valence electrons. The first-order valence-electron chi connectivity index (χ1n) is 5.61. The van der Waals surface area contributed by atoms with E-state index in [4.69, 9.17) is 0 Å². The summed E-state index contributed by atoms with van der Waals surface area (Å²) in [4.78, 5) is 0. The summed E-state index contributed by atoms with van der Waals surface area (Å²) in [6.07, 6.45) is 1.82. The van der Waals surface area contributed by atoms with Gasteiger partial charge in [-0.25, -0.2) is 0 Å². The zero-order chi connectivity index (χ0) is 10.7. The Labute approximate surface area is 90.7 Å². The van der Waals surface area contributed by atoms with Crippen LogP contribution in [0.1, 0.15) is 24.0 Å². The number of halogens is 1. The van der Waals surface area contributed by atoms with Gasteiger partial charge in [0, 0.05) is 5.41 Å². The van der Waals surface area contributed by atoms with Crippen LogP contribution in [-0.2, 0) is 5.41 Å². The number of alkyl halides is 1. The van der Waals surface area contributed by atoms with Gasteiger partial charge in [0.05, 0.1) is 6.67 Å². The molecule has 1 fully saturated rings. The molecule has 1 saturated heterocycles. The van der Waals surface area contributed by atoms with Crippen LogP contribution in [-0.4, -0.2) is 19.8 Å². The Morgan fingerprint density at radius 3 is 2.67 bits per heavy atom. The van der Waals surface area contributed by atoms with Crippen LogP contribution in [0.25, 0.3) is 0 Å². The zero-order valence-electron chi connectivity index (χ0n) is 9.22. The summed E-state index contributed by atoms with van der Waals surface area (Å²) in [5, 5.41) is 3.29. The van der Waals surface area contributed by atoms with E-state index in [0.29, 0.717) is 0 Å². The van der Waals surface area contributed by atoms with E-state index in [0.717, 1.165) is 25.9 Å². The average Bonchev–Trinajstić information content (AvgIpc) is 2.30. The third kappa shape index (κ3) is 2.05. The van der Waals surface area contributed by atoms with Crippen LogP contribution in [0.15, 0.2) is 24.3 Å². The lowest BCUT2D eigenvalue weighted by atomic mass is 9.74. The number of nitrogens with one attached hydrogen (secondary N) is 1. The molecule has 1 heterocycles. The Morgan fingerprint density at radius 1 is 1.33 bits per heavy atom. The van der Waals surface area contributed by atoms with Gasteiger partial charge in [-0.3, -0.25) is 4.39 Å². The minimum Gasteiger partial charge on any atom is -0.317 e. The molecule has 1 aliphatic heterocycles. The van der Waals surface area contributed by atoms with Gasteiger partial charge in [-0.05, 0) is 38.4 Å². The maximum Gasteiger partial charge on any atom is 0.0991 e. The van der Waals surface area contributed by atoms with Crippen molar-refractivity contribution in [3.8, 4) is 0 Å². The van der Waals surface area contributed by atoms with Crippen LogP contribution in [0.3, 0.4) is 0 Å². The van der Waals surface area contributed by atoms with Crippen LogP contribution in [0.5, 0.6) is 0 Å². The van der Waals surface area contributed by atoms with E-state index < -0.39 is 0 Å². The second-order valence-electron chi connectivity index (χ2n) is 4.53. The Hall–Kier alpha value is -0.890. The molecule has 0 atom stereocenters. The van der Waals surface area contributed by atoms with Crippen molar-refractivity contribution in [2.45, 2.75) is 25.2 Å². The second kappa shape index (κ2) is 4.31. The number of piperidine rings is 1. The number of hydrogen-bond donors (Lipinski definition) is 1. The van der Waals surface area contributed by atoms with Crippen molar-refractivity contribution in [3.63, 3.8) is 0 Å². The van der Waals surface area contributed by atoms with E-state index >= 15 is 0 Å². The molecule has 1 aromatic rings. The lowest BCUT2D eigenvalue weighted by Gasteiger charge is -2.35. The fraction of sp³-hybridized carbons (Fsp3) is 0.538. The normalized spacial score (nSPS) is 20.1. The fourth-order valence-electron chi connectivity index (χ4n) is 2.38. The first-order valence-corrected chi connectivity index (χ1v) is 5.61. The summed E-state index contributed by atoms with van der Waals surface area (Å²) in [6, 6.07) is 8.30. The van der Waals surface area contributed by atoms with Crippen LogP contribution in [0.2, 0.25) is 0 Å². The molecule has 0 saturated carbocycles. The molecule has 0 spiro atoms. The summed E-state index contributed by atoms with van der Waals surface area (Å²) >= 11 is 0. The van der Waals surface area contributed by atoms with E-state index in [1.54, 1.807) is 0 Å². The first kappa shape index (κ1) is 10.6.